The predicted molar refractivity (Wildman–Crippen MR) is 70.6 cm³/mol. The molecule has 3 rings (SSSR count). The topological polar surface area (TPSA) is 29.9 Å². The van der Waals surface area contributed by atoms with E-state index in [1.165, 1.54) is 4.57 Å². The van der Waals surface area contributed by atoms with Gasteiger partial charge in [-0.25, -0.2) is 4.98 Å². The van der Waals surface area contributed by atoms with Gasteiger partial charge in [-0.05, 0) is 32.0 Å². The molecule has 0 bridgehead atoms. The molecule has 2 unspecified atom stereocenters. The molecule has 20 heavy (non-hydrogen) atoms. The van der Waals surface area contributed by atoms with Gasteiger partial charge in [0.15, 0.2) is 0 Å². The van der Waals surface area contributed by atoms with Gasteiger partial charge < -0.3 is 9.88 Å². The number of halogens is 3. The second-order valence-electron chi connectivity index (χ2n) is 5.30. The van der Waals surface area contributed by atoms with E-state index in [0.29, 0.717) is 16.9 Å². The molecular weight excluding hydrogens is 267 g/mol. The first-order chi connectivity index (χ1) is 9.46. The third kappa shape index (κ3) is 2.40. The van der Waals surface area contributed by atoms with Crippen molar-refractivity contribution in [2.45, 2.75) is 38.0 Å². The van der Waals surface area contributed by atoms with Gasteiger partial charge in [0.2, 0.25) is 0 Å². The molecule has 0 amide bonds. The van der Waals surface area contributed by atoms with Crippen LogP contribution in [-0.4, -0.2) is 28.3 Å². The summed E-state index contributed by atoms with van der Waals surface area (Å²) in [4.78, 5) is 4.45. The molecular formula is C14H16F3N3. The zero-order chi connectivity index (χ0) is 14.3. The Morgan fingerprint density at radius 3 is 2.75 bits per heavy atom. The van der Waals surface area contributed by atoms with E-state index < -0.39 is 12.7 Å². The second kappa shape index (κ2) is 4.77. The summed E-state index contributed by atoms with van der Waals surface area (Å²) in [7, 11) is 0. The summed E-state index contributed by atoms with van der Waals surface area (Å²) in [5.74, 6) is 0.575. The number of para-hydroxylation sites is 2. The smallest absolute Gasteiger partial charge is 0.318 e. The Morgan fingerprint density at radius 1 is 1.35 bits per heavy atom. The molecule has 2 heterocycles. The quantitative estimate of drug-likeness (QED) is 0.918. The molecule has 1 N–H and O–H groups in total. The summed E-state index contributed by atoms with van der Waals surface area (Å²) >= 11 is 0. The fourth-order valence-corrected chi connectivity index (χ4v) is 2.93. The maximum atomic E-state index is 12.8. The van der Waals surface area contributed by atoms with E-state index in [1.807, 2.05) is 6.92 Å². The van der Waals surface area contributed by atoms with Crippen LogP contribution in [0.5, 0.6) is 0 Å². The van der Waals surface area contributed by atoms with E-state index in [4.69, 9.17) is 0 Å². The van der Waals surface area contributed by atoms with Crippen molar-refractivity contribution in [1.29, 1.82) is 0 Å². The van der Waals surface area contributed by atoms with Crippen LogP contribution in [0.25, 0.3) is 11.0 Å². The van der Waals surface area contributed by atoms with Gasteiger partial charge in [-0.3, -0.25) is 0 Å². The molecule has 0 spiro atoms. The summed E-state index contributed by atoms with van der Waals surface area (Å²) in [6.07, 6.45) is -3.42. The SMILES string of the molecule is CC1NCCC1c1nc2ccccc2n1CC(F)(F)F. The zero-order valence-electron chi connectivity index (χ0n) is 11.1. The highest BCUT2D eigenvalue weighted by Gasteiger charge is 2.34. The summed E-state index contributed by atoms with van der Waals surface area (Å²) in [5, 5.41) is 3.27. The van der Waals surface area contributed by atoms with Gasteiger partial charge in [-0.1, -0.05) is 12.1 Å². The van der Waals surface area contributed by atoms with Gasteiger partial charge in [-0.15, -0.1) is 0 Å². The molecule has 1 aromatic carbocycles. The predicted octanol–water partition coefficient (Wildman–Crippen LogP) is 3.06. The lowest BCUT2D eigenvalue weighted by Crippen LogP contribution is -2.26. The van der Waals surface area contributed by atoms with Crippen LogP contribution in [0.3, 0.4) is 0 Å². The van der Waals surface area contributed by atoms with Crippen LogP contribution in [0.2, 0.25) is 0 Å². The van der Waals surface area contributed by atoms with E-state index in [0.717, 1.165) is 13.0 Å². The Kier molecular flexibility index (Phi) is 3.20. The van der Waals surface area contributed by atoms with Crippen LogP contribution < -0.4 is 5.32 Å². The lowest BCUT2D eigenvalue weighted by atomic mass is 10.0. The molecule has 6 heteroatoms. The van der Waals surface area contributed by atoms with Crippen LogP contribution in [0.4, 0.5) is 13.2 Å². The Hall–Kier alpha value is -1.56. The van der Waals surface area contributed by atoms with Gasteiger partial charge in [0.1, 0.15) is 12.4 Å². The van der Waals surface area contributed by atoms with Crippen molar-refractivity contribution in [3.05, 3.63) is 30.1 Å². The highest BCUT2D eigenvalue weighted by atomic mass is 19.4. The minimum atomic E-state index is -4.24. The summed E-state index contributed by atoms with van der Waals surface area (Å²) in [5.41, 5.74) is 1.18. The Balaban J connectivity index is 2.12. The second-order valence-corrected chi connectivity index (χ2v) is 5.30. The minimum absolute atomic E-state index is 0.0322. The maximum absolute atomic E-state index is 12.8. The molecule has 0 radical (unpaired) electrons. The fraction of sp³-hybridized carbons (Fsp3) is 0.500. The number of benzene rings is 1. The molecule has 2 atom stereocenters. The summed E-state index contributed by atoms with van der Waals surface area (Å²) < 4.78 is 39.9. The van der Waals surface area contributed by atoms with Crippen LogP contribution in [0.1, 0.15) is 25.1 Å². The molecule has 1 aromatic heterocycles. The van der Waals surface area contributed by atoms with Crippen molar-refractivity contribution < 1.29 is 13.2 Å². The Bertz CT molecular complexity index is 618. The van der Waals surface area contributed by atoms with Crippen LogP contribution in [0, 0.1) is 0 Å². The number of fused-ring (bicyclic) bond motifs is 1. The van der Waals surface area contributed by atoms with Crippen molar-refractivity contribution >= 4 is 11.0 Å². The van der Waals surface area contributed by atoms with E-state index in [-0.39, 0.29) is 12.0 Å². The van der Waals surface area contributed by atoms with Crippen molar-refractivity contribution in [3.8, 4) is 0 Å². The number of alkyl halides is 3. The van der Waals surface area contributed by atoms with Gasteiger partial charge in [0.25, 0.3) is 0 Å². The number of rotatable bonds is 2. The van der Waals surface area contributed by atoms with Gasteiger partial charge >= 0.3 is 6.18 Å². The first-order valence-electron chi connectivity index (χ1n) is 6.71. The van der Waals surface area contributed by atoms with Crippen molar-refractivity contribution in [2.24, 2.45) is 0 Å². The standard InChI is InChI=1S/C14H16F3N3/c1-9-10(6-7-18-9)13-19-11-4-2-3-5-12(11)20(13)8-14(15,16)17/h2-5,9-10,18H,6-8H2,1H3. The molecule has 1 saturated heterocycles. The maximum Gasteiger partial charge on any atom is 0.406 e. The number of imidazole rings is 1. The van der Waals surface area contributed by atoms with Crippen molar-refractivity contribution in [3.63, 3.8) is 0 Å². The monoisotopic (exact) mass is 283 g/mol. The average molecular weight is 283 g/mol. The zero-order valence-corrected chi connectivity index (χ0v) is 11.1. The molecule has 1 aliphatic rings. The van der Waals surface area contributed by atoms with Gasteiger partial charge in [-0.2, -0.15) is 13.2 Å². The van der Waals surface area contributed by atoms with Crippen LogP contribution in [0.15, 0.2) is 24.3 Å². The highest BCUT2D eigenvalue weighted by molar-refractivity contribution is 5.76. The minimum Gasteiger partial charge on any atom is -0.318 e. The van der Waals surface area contributed by atoms with E-state index in [9.17, 15) is 13.2 Å². The molecule has 2 aromatic rings. The largest absolute Gasteiger partial charge is 0.406 e. The molecule has 3 nitrogen and oxygen atoms in total. The molecule has 0 aliphatic carbocycles. The summed E-state index contributed by atoms with van der Waals surface area (Å²) in [6, 6.07) is 7.16. The average Bonchev–Trinajstić information content (AvgIpc) is 2.92. The first kappa shape index (κ1) is 13.4. The summed E-state index contributed by atoms with van der Waals surface area (Å²) in [6.45, 7) is 1.84. The number of aromatic nitrogens is 2. The number of hydrogen-bond acceptors (Lipinski definition) is 2. The fourth-order valence-electron chi connectivity index (χ4n) is 2.93. The Morgan fingerprint density at radius 2 is 2.10 bits per heavy atom. The molecule has 0 saturated carbocycles. The first-order valence-corrected chi connectivity index (χ1v) is 6.71. The van der Waals surface area contributed by atoms with Crippen LogP contribution >= 0.6 is 0 Å². The lowest BCUT2D eigenvalue weighted by Gasteiger charge is -2.18. The van der Waals surface area contributed by atoms with Crippen molar-refractivity contribution in [1.82, 2.24) is 14.9 Å². The number of nitrogens with one attached hydrogen (secondary N) is 1. The van der Waals surface area contributed by atoms with E-state index >= 15 is 0 Å². The van der Waals surface area contributed by atoms with E-state index in [1.54, 1.807) is 24.3 Å². The number of hydrogen-bond donors (Lipinski definition) is 1. The van der Waals surface area contributed by atoms with Crippen LogP contribution in [-0.2, 0) is 6.54 Å². The third-order valence-corrected chi connectivity index (χ3v) is 3.88. The van der Waals surface area contributed by atoms with E-state index in [2.05, 4.69) is 10.3 Å². The third-order valence-electron chi connectivity index (χ3n) is 3.88. The molecule has 1 fully saturated rings. The van der Waals surface area contributed by atoms with Gasteiger partial charge in [0.05, 0.1) is 11.0 Å². The normalized spacial score (nSPS) is 23.6. The van der Waals surface area contributed by atoms with Crippen molar-refractivity contribution in [2.75, 3.05) is 6.54 Å². The molecule has 108 valence electrons. The van der Waals surface area contributed by atoms with Gasteiger partial charge in [0, 0.05) is 12.0 Å². The highest BCUT2D eigenvalue weighted by Crippen LogP contribution is 2.32. The molecule has 1 aliphatic heterocycles. The Labute approximate surface area is 114 Å². The number of nitrogens with zero attached hydrogens (tertiary/aromatic N) is 2. The lowest BCUT2D eigenvalue weighted by molar-refractivity contribution is -0.140.